The fourth-order valence-corrected chi connectivity index (χ4v) is 2.45. The van der Waals surface area contributed by atoms with Crippen LogP contribution in [-0.2, 0) is 4.74 Å². The lowest BCUT2D eigenvalue weighted by molar-refractivity contribution is 0.0266. The van der Waals surface area contributed by atoms with Gasteiger partial charge in [0.05, 0.1) is 6.61 Å². The number of carbonyl (C=O) groups is 1. The van der Waals surface area contributed by atoms with Gasteiger partial charge in [0.15, 0.2) is 0 Å². The van der Waals surface area contributed by atoms with E-state index in [1.165, 1.54) is 12.1 Å². The third kappa shape index (κ3) is 5.65. The summed E-state index contributed by atoms with van der Waals surface area (Å²) in [5.41, 5.74) is 0.560. The molecule has 0 aliphatic heterocycles. The van der Waals surface area contributed by atoms with Crippen LogP contribution in [-0.4, -0.2) is 38.1 Å². The Morgan fingerprint density at radius 3 is 2.38 bits per heavy atom. The Labute approximate surface area is 148 Å². The lowest BCUT2D eigenvalue weighted by Crippen LogP contribution is -2.33. The summed E-state index contributed by atoms with van der Waals surface area (Å²) in [7, 11) is 3.95. The lowest BCUT2D eigenvalue weighted by Gasteiger charge is -2.27. The fraction of sp³-hybridized carbons (Fsp3) is 0.389. The maximum Gasteiger partial charge on any atom is 0.374 e. The van der Waals surface area contributed by atoms with E-state index in [4.69, 9.17) is 9.15 Å². The second kappa shape index (κ2) is 8.31. The minimum atomic E-state index is -0.495. The molecule has 1 heterocycles. The number of furan rings is 1. The van der Waals surface area contributed by atoms with Gasteiger partial charge in [-0.15, -0.1) is 12.4 Å². The highest BCUT2D eigenvalue weighted by molar-refractivity contribution is 5.87. The molecule has 2 rings (SSSR count). The second-order valence-corrected chi connectivity index (χ2v) is 6.65. The number of halogens is 2. The Kier molecular flexibility index (Phi) is 6.99. The van der Waals surface area contributed by atoms with Crippen LogP contribution in [0.1, 0.15) is 24.4 Å². The standard InChI is InChI=1S/C18H22FNO3.ClH/c1-18(2,11-20(3)4)12-22-17(21)16-10-9-15(23-16)13-5-7-14(19)8-6-13;/h5-10H,11-12H2,1-4H3;1H. The van der Waals surface area contributed by atoms with Crippen molar-refractivity contribution in [3.63, 3.8) is 0 Å². The van der Waals surface area contributed by atoms with Crippen molar-refractivity contribution in [3.8, 4) is 11.3 Å². The number of hydrogen-bond donors (Lipinski definition) is 0. The van der Waals surface area contributed by atoms with E-state index in [1.807, 2.05) is 32.8 Å². The SMILES string of the molecule is CN(C)CC(C)(C)COC(=O)c1ccc(-c2ccc(F)cc2)o1.Cl. The Morgan fingerprint density at radius 2 is 1.79 bits per heavy atom. The van der Waals surface area contributed by atoms with Crippen LogP contribution in [0, 0.1) is 11.2 Å². The van der Waals surface area contributed by atoms with Gasteiger partial charge in [0.25, 0.3) is 0 Å². The van der Waals surface area contributed by atoms with Crippen molar-refractivity contribution in [1.29, 1.82) is 0 Å². The third-order valence-corrected chi connectivity index (χ3v) is 3.27. The van der Waals surface area contributed by atoms with Gasteiger partial charge in [0.2, 0.25) is 5.76 Å². The Hall–Kier alpha value is -1.85. The summed E-state index contributed by atoms with van der Waals surface area (Å²) < 4.78 is 23.8. The van der Waals surface area contributed by atoms with E-state index in [9.17, 15) is 9.18 Å². The van der Waals surface area contributed by atoms with Crippen molar-refractivity contribution in [2.75, 3.05) is 27.2 Å². The van der Waals surface area contributed by atoms with Crippen LogP contribution in [0.5, 0.6) is 0 Å². The van der Waals surface area contributed by atoms with Crippen molar-refractivity contribution >= 4 is 18.4 Å². The molecule has 24 heavy (non-hydrogen) atoms. The number of rotatable bonds is 6. The zero-order chi connectivity index (χ0) is 17.0. The summed E-state index contributed by atoms with van der Waals surface area (Å²) in [6, 6.07) is 9.14. The molecule has 0 unspecified atom stereocenters. The monoisotopic (exact) mass is 355 g/mol. The number of hydrogen-bond acceptors (Lipinski definition) is 4. The Morgan fingerprint density at radius 1 is 1.17 bits per heavy atom. The summed E-state index contributed by atoms with van der Waals surface area (Å²) in [6.45, 7) is 5.18. The summed E-state index contributed by atoms with van der Waals surface area (Å²) >= 11 is 0. The predicted octanol–water partition coefficient (Wildman–Crippen LogP) is 4.25. The maximum atomic E-state index is 12.9. The molecule has 4 nitrogen and oxygen atoms in total. The molecule has 0 aliphatic carbocycles. The first-order chi connectivity index (χ1) is 10.8. The minimum absolute atomic E-state index is 0. The van der Waals surface area contributed by atoms with Crippen molar-refractivity contribution in [1.82, 2.24) is 4.90 Å². The molecule has 0 radical (unpaired) electrons. The van der Waals surface area contributed by atoms with Gasteiger partial charge in [-0.2, -0.15) is 0 Å². The first kappa shape index (κ1) is 20.2. The summed E-state index contributed by atoms with van der Waals surface area (Å²) in [5.74, 6) is -0.164. The molecule has 2 aromatic rings. The Balaban J connectivity index is 0.00000288. The van der Waals surface area contributed by atoms with Gasteiger partial charge in [-0.25, -0.2) is 9.18 Å². The van der Waals surface area contributed by atoms with Crippen molar-refractivity contribution in [2.45, 2.75) is 13.8 Å². The van der Waals surface area contributed by atoms with Crippen LogP contribution in [0.4, 0.5) is 4.39 Å². The molecule has 0 amide bonds. The average molecular weight is 356 g/mol. The zero-order valence-electron chi connectivity index (χ0n) is 14.3. The molecule has 0 spiro atoms. The molecule has 0 bridgehead atoms. The van der Waals surface area contributed by atoms with Crippen molar-refractivity contribution < 1.29 is 18.3 Å². The Bertz CT molecular complexity index is 665. The van der Waals surface area contributed by atoms with Crippen LogP contribution in [0.2, 0.25) is 0 Å². The van der Waals surface area contributed by atoms with Gasteiger partial charge >= 0.3 is 5.97 Å². The highest BCUT2D eigenvalue weighted by Gasteiger charge is 2.23. The molecule has 0 saturated carbocycles. The van der Waals surface area contributed by atoms with E-state index >= 15 is 0 Å². The quantitative estimate of drug-likeness (QED) is 0.726. The van der Waals surface area contributed by atoms with Crippen LogP contribution >= 0.6 is 12.4 Å². The van der Waals surface area contributed by atoms with E-state index in [1.54, 1.807) is 24.3 Å². The van der Waals surface area contributed by atoms with Gasteiger partial charge in [0.1, 0.15) is 11.6 Å². The fourth-order valence-electron chi connectivity index (χ4n) is 2.45. The van der Waals surface area contributed by atoms with Crippen molar-refractivity contribution in [2.24, 2.45) is 5.41 Å². The number of nitrogens with zero attached hydrogens (tertiary/aromatic N) is 1. The van der Waals surface area contributed by atoms with Crippen LogP contribution < -0.4 is 0 Å². The molecular weight excluding hydrogens is 333 g/mol. The maximum absolute atomic E-state index is 12.9. The largest absolute Gasteiger partial charge is 0.459 e. The van der Waals surface area contributed by atoms with Crippen LogP contribution in [0.25, 0.3) is 11.3 Å². The topological polar surface area (TPSA) is 42.7 Å². The number of esters is 1. The van der Waals surface area contributed by atoms with Gasteiger partial charge in [-0.1, -0.05) is 13.8 Å². The van der Waals surface area contributed by atoms with Gasteiger partial charge in [-0.05, 0) is 50.5 Å². The number of ether oxygens (including phenoxy) is 1. The molecule has 0 atom stereocenters. The molecular formula is C18H23ClFNO3. The van der Waals surface area contributed by atoms with E-state index in [2.05, 4.69) is 0 Å². The zero-order valence-corrected chi connectivity index (χ0v) is 15.2. The van der Waals surface area contributed by atoms with E-state index in [0.29, 0.717) is 17.9 Å². The van der Waals surface area contributed by atoms with Gasteiger partial charge < -0.3 is 14.1 Å². The normalized spacial score (nSPS) is 11.2. The summed E-state index contributed by atoms with van der Waals surface area (Å²) in [4.78, 5) is 14.1. The highest BCUT2D eigenvalue weighted by atomic mass is 35.5. The van der Waals surface area contributed by atoms with Gasteiger partial charge in [0, 0.05) is 17.5 Å². The predicted molar refractivity (Wildman–Crippen MR) is 94.0 cm³/mol. The average Bonchev–Trinajstić information content (AvgIpc) is 2.94. The summed E-state index contributed by atoms with van der Waals surface area (Å²) in [6.07, 6.45) is 0. The second-order valence-electron chi connectivity index (χ2n) is 6.65. The molecule has 0 fully saturated rings. The molecule has 0 saturated heterocycles. The summed E-state index contributed by atoms with van der Waals surface area (Å²) in [5, 5.41) is 0. The number of benzene rings is 1. The first-order valence-electron chi connectivity index (χ1n) is 7.44. The van der Waals surface area contributed by atoms with Crippen molar-refractivity contribution in [3.05, 3.63) is 48.0 Å². The molecule has 1 aromatic heterocycles. The van der Waals surface area contributed by atoms with E-state index in [0.717, 1.165) is 6.54 Å². The first-order valence-corrected chi connectivity index (χ1v) is 7.44. The van der Waals surface area contributed by atoms with Crippen LogP contribution in [0.15, 0.2) is 40.8 Å². The van der Waals surface area contributed by atoms with Gasteiger partial charge in [-0.3, -0.25) is 0 Å². The smallest absolute Gasteiger partial charge is 0.374 e. The molecule has 0 aliphatic rings. The molecule has 132 valence electrons. The third-order valence-electron chi connectivity index (χ3n) is 3.27. The minimum Gasteiger partial charge on any atom is -0.459 e. The van der Waals surface area contributed by atoms with Crippen LogP contribution in [0.3, 0.4) is 0 Å². The molecule has 0 N–H and O–H groups in total. The molecule has 1 aromatic carbocycles. The lowest BCUT2D eigenvalue weighted by atomic mass is 9.94. The highest BCUT2D eigenvalue weighted by Crippen LogP contribution is 2.23. The number of carbonyl (C=O) groups excluding carboxylic acids is 1. The molecule has 6 heteroatoms. The van der Waals surface area contributed by atoms with E-state index < -0.39 is 5.97 Å². The van der Waals surface area contributed by atoms with E-state index in [-0.39, 0.29) is 29.4 Å².